The van der Waals surface area contributed by atoms with Crippen molar-refractivity contribution in [1.82, 2.24) is 5.32 Å². The van der Waals surface area contributed by atoms with E-state index in [4.69, 9.17) is 9.47 Å². The van der Waals surface area contributed by atoms with Crippen LogP contribution in [0.15, 0.2) is 0 Å². The molecule has 1 unspecified atom stereocenters. The minimum Gasteiger partial charge on any atom is -0.382 e. The van der Waals surface area contributed by atoms with Crippen LogP contribution in [-0.4, -0.2) is 39.0 Å². The Balaban J connectivity index is 2.27. The molecule has 0 aromatic heterocycles. The summed E-state index contributed by atoms with van der Waals surface area (Å²) in [6, 6.07) is 0. The minimum atomic E-state index is 0.216. The molecule has 3 heteroatoms. The molecule has 0 aromatic rings. The van der Waals surface area contributed by atoms with Gasteiger partial charge in [0.25, 0.3) is 0 Å². The molecule has 0 bridgehead atoms. The number of methoxy groups -OCH3 is 1. The van der Waals surface area contributed by atoms with Crippen LogP contribution >= 0.6 is 0 Å². The van der Waals surface area contributed by atoms with Crippen molar-refractivity contribution in [3.05, 3.63) is 0 Å². The molecule has 1 aliphatic carbocycles. The fraction of sp³-hybridized carbons (Fsp3) is 1.00. The molecule has 114 valence electrons. The Morgan fingerprint density at radius 1 is 1.11 bits per heavy atom. The van der Waals surface area contributed by atoms with E-state index in [-0.39, 0.29) is 5.54 Å². The third-order valence-corrected chi connectivity index (χ3v) is 4.03. The van der Waals surface area contributed by atoms with Gasteiger partial charge in [-0.2, -0.15) is 0 Å². The van der Waals surface area contributed by atoms with Crippen LogP contribution < -0.4 is 5.32 Å². The Bertz CT molecular complexity index is 219. The molecule has 0 aromatic carbocycles. The van der Waals surface area contributed by atoms with Crippen molar-refractivity contribution in [2.45, 2.75) is 58.4 Å². The lowest BCUT2D eigenvalue weighted by Crippen LogP contribution is -2.40. The van der Waals surface area contributed by atoms with Gasteiger partial charge in [0.15, 0.2) is 0 Å². The summed E-state index contributed by atoms with van der Waals surface area (Å²) in [4.78, 5) is 0. The Morgan fingerprint density at radius 3 is 2.37 bits per heavy atom. The first-order chi connectivity index (χ1) is 9.03. The number of ether oxygens (including phenoxy) is 2. The average Bonchev–Trinajstić information content (AvgIpc) is 2.85. The molecular weight excluding hydrogens is 238 g/mol. The highest BCUT2D eigenvalue weighted by atomic mass is 16.5. The summed E-state index contributed by atoms with van der Waals surface area (Å²) in [5, 5.41) is 3.67. The predicted octanol–water partition coefficient (Wildman–Crippen LogP) is 3.23. The summed E-state index contributed by atoms with van der Waals surface area (Å²) in [5.41, 5.74) is 0.216. The highest BCUT2D eigenvalue weighted by Crippen LogP contribution is 2.33. The maximum atomic E-state index is 5.64. The van der Waals surface area contributed by atoms with Crippen molar-refractivity contribution < 1.29 is 9.47 Å². The molecule has 0 amide bonds. The van der Waals surface area contributed by atoms with E-state index in [1.54, 1.807) is 7.11 Å². The summed E-state index contributed by atoms with van der Waals surface area (Å²) in [6.07, 6.45) is 6.84. The van der Waals surface area contributed by atoms with E-state index < -0.39 is 0 Å². The molecule has 3 nitrogen and oxygen atoms in total. The van der Waals surface area contributed by atoms with Gasteiger partial charge >= 0.3 is 0 Å². The van der Waals surface area contributed by atoms with E-state index in [0.29, 0.717) is 6.61 Å². The van der Waals surface area contributed by atoms with Crippen molar-refractivity contribution in [2.24, 2.45) is 11.8 Å². The first kappa shape index (κ1) is 16.9. The van der Waals surface area contributed by atoms with Crippen LogP contribution in [0.5, 0.6) is 0 Å². The monoisotopic (exact) mass is 271 g/mol. The molecule has 0 aliphatic heterocycles. The number of rotatable bonds is 9. The second-order valence-electron chi connectivity index (χ2n) is 6.83. The van der Waals surface area contributed by atoms with Gasteiger partial charge in [0.2, 0.25) is 0 Å². The summed E-state index contributed by atoms with van der Waals surface area (Å²) in [5.74, 6) is 1.67. The van der Waals surface area contributed by atoms with Gasteiger partial charge in [-0.05, 0) is 45.6 Å². The Hall–Kier alpha value is -0.120. The molecule has 0 saturated heterocycles. The molecule has 1 rings (SSSR count). The Kier molecular flexibility index (Phi) is 7.96. The minimum absolute atomic E-state index is 0.216. The van der Waals surface area contributed by atoms with E-state index >= 15 is 0 Å². The zero-order chi connectivity index (χ0) is 14.1. The van der Waals surface area contributed by atoms with Gasteiger partial charge in [-0.3, -0.25) is 0 Å². The van der Waals surface area contributed by atoms with Gasteiger partial charge in [0, 0.05) is 19.3 Å². The van der Waals surface area contributed by atoms with E-state index in [2.05, 4.69) is 26.1 Å². The van der Waals surface area contributed by atoms with Crippen LogP contribution in [0.2, 0.25) is 0 Å². The highest BCUT2D eigenvalue weighted by Gasteiger charge is 2.25. The second kappa shape index (κ2) is 8.93. The van der Waals surface area contributed by atoms with Crippen molar-refractivity contribution in [2.75, 3.05) is 33.5 Å². The van der Waals surface area contributed by atoms with E-state index in [0.717, 1.165) is 31.6 Å². The average molecular weight is 271 g/mol. The third kappa shape index (κ3) is 7.91. The Morgan fingerprint density at radius 2 is 1.79 bits per heavy atom. The summed E-state index contributed by atoms with van der Waals surface area (Å²) in [7, 11) is 1.72. The molecule has 19 heavy (non-hydrogen) atoms. The molecule has 1 aliphatic rings. The van der Waals surface area contributed by atoms with Crippen molar-refractivity contribution in [3.63, 3.8) is 0 Å². The maximum absolute atomic E-state index is 5.64. The standard InChI is InChI=1S/C16H33NO2/c1-16(2,3)17-13-15(14-7-5-6-8-14)9-10-19-12-11-18-4/h14-15,17H,5-13H2,1-4H3. The fourth-order valence-electron chi connectivity index (χ4n) is 2.85. The second-order valence-corrected chi connectivity index (χ2v) is 6.83. The largest absolute Gasteiger partial charge is 0.382 e. The number of hydrogen-bond acceptors (Lipinski definition) is 3. The van der Waals surface area contributed by atoms with Gasteiger partial charge < -0.3 is 14.8 Å². The zero-order valence-corrected chi connectivity index (χ0v) is 13.3. The molecule has 1 saturated carbocycles. The zero-order valence-electron chi connectivity index (χ0n) is 13.3. The van der Waals surface area contributed by atoms with Crippen LogP contribution in [-0.2, 0) is 9.47 Å². The molecule has 1 fully saturated rings. The van der Waals surface area contributed by atoms with Gasteiger partial charge in [-0.15, -0.1) is 0 Å². The van der Waals surface area contributed by atoms with Gasteiger partial charge in [0.05, 0.1) is 13.2 Å². The molecule has 0 heterocycles. The van der Waals surface area contributed by atoms with E-state index in [1.165, 1.54) is 32.1 Å². The lowest BCUT2D eigenvalue weighted by atomic mass is 9.87. The third-order valence-electron chi connectivity index (χ3n) is 4.03. The molecule has 0 spiro atoms. The van der Waals surface area contributed by atoms with Crippen LogP contribution in [0.1, 0.15) is 52.9 Å². The SMILES string of the molecule is COCCOCCC(CNC(C)(C)C)C1CCCC1. The maximum Gasteiger partial charge on any atom is 0.0700 e. The van der Waals surface area contributed by atoms with E-state index in [9.17, 15) is 0 Å². The normalized spacial score (nSPS) is 18.9. The summed E-state index contributed by atoms with van der Waals surface area (Å²) >= 11 is 0. The number of hydrogen-bond donors (Lipinski definition) is 1. The first-order valence-corrected chi connectivity index (χ1v) is 7.84. The molecular formula is C16H33NO2. The van der Waals surface area contributed by atoms with E-state index in [1.807, 2.05) is 0 Å². The van der Waals surface area contributed by atoms with Crippen molar-refractivity contribution >= 4 is 0 Å². The lowest BCUT2D eigenvalue weighted by molar-refractivity contribution is 0.0589. The van der Waals surface area contributed by atoms with Crippen LogP contribution in [0, 0.1) is 11.8 Å². The summed E-state index contributed by atoms with van der Waals surface area (Å²) in [6.45, 7) is 10.2. The predicted molar refractivity (Wildman–Crippen MR) is 80.5 cm³/mol. The van der Waals surface area contributed by atoms with Crippen molar-refractivity contribution in [3.8, 4) is 0 Å². The number of nitrogens with one attached hydrogen (secondary N) is 1. The Labute approximate surface area is 119 Å². The van der Waals surface area contributed by atoms with Gasteiger partial charge in [-0.1, -0.05) is 25.7 Å². The van der Waals surface area contributed by atoms with Gasteiger partial charge in [0.1, 0.15) is 0 Å². The first-order valence-electron chi connectivity index (χ1n) is 7.84. The highest BCUT2D eigenvalue weighted by molar-refractivity contribution is 4.80. The fourth-order valence-corrected chi connectivity index (χ4v) is 2.85. The molecule has 1 atom stereocenters. The quantitative estimate of drug-likeness (QED) is 0.653. The molecule has 0 radical (unpaired) electrons. The smallest absolute Gasteiger partial charge is 0.0700 e. The van der Waals surface area contributed by atoms with Crippen LogP contribution in [0.4, 0.5) is 0 Å². The topological polar surface area (TPSA) is 30.5 Å². The lowest BCUT2D eigenvalue weighted by Gasteiger charge is -2.29. The summed E-state index contributed by atoms with van der Waals surface area (Å²) < 4.78 is 10.6. The van der Waals surface area contributed by atoms with Crippen LogP contribution in [0.25, 0.3) is 0 Å². The van der Waals surface area contributed by atoms with Gasteiger partial charge in [-0.25, -0.2) is 0 Å². The van der Waals surface area contributed by atoms with Crippen LogP contribution in [0.3, 0.4) is 0 Å². The molecule has 1 N–H and O–H groups in total. The van der Waals surface area contributed by atoms with Crippen molar-refractivity contribution in [1.29, 1.82) is 0 Å².